The number of anilines is 1. The SMILES string of the molecule is N#Cc1cccc(NCC2CCC3(CCCC3)O2)c1. The van der Waals surface area contributed by atoms with E-state index >= 15 is 0 Å². The van der Waals surface area contributed by atoms with Crippen molar-refractivity contribution in [1.29, 1.82) is 5.26 Å². The number of nitriles is 1. The highest BCUT2D eigenvalue weighted by Crippen LogP contribution is 2.43. The topological polar surface area (TPSA) is 45.0 Å². The van der Waals surface area contributed by atoms with Gasteiger partial charge in [0.15, 0.2) is 0 Å². The van der Waals surface area contributed by atoms with Crippen molar-refractivity contribution >= 4 is 5.69 Å². The van der Waals surface area contributed by atoms with Gasteiger partial charge in [-0.3, -0.25) is 0 Å². The van der Waals surface area contributed by atoms with E-state index in [4.69, 9.17) is 10.00 Å². The quantitative estimate of drug-likeness (QED) is 0.900. The van der Waals surface area contributed by atoms with Crippen LogP contribution in [0.15, 0.2) is 24.3 Å². The number of rotatable bonds is 3. The fraction of sp³-hybridized carbons (Fsp3) is 0.562. The molecule has 1 aliphatic carbocycles. The van der Waals surface area contributed by atoms with Crippen molar-refractivity contribution in [2.24, 2.45) is 0 Å². The Morgan fingerprint density at radius 2 is 2.16 bits per heavy atom. The molecular formula is C16H20N2O. The highest BCUT2D eigenvalue weighted by molar-refractivity contribution is 5.49. The second-order valence-corrected chi connectivity index (χ2v) is 5.74. The summed E-state index contributed by atoms with van der Waals surface area (Å²) in [6.07, 6.45) is 7.83. The molecule has 3 nitrogen and oxygen atoms in total. The van der Waals surface area contributed by atoms with E-state index in [2.05, 4.69) is 11.4 Å². The largest absolute Gasteiger partial charge is 0.382 e. The second-order valence-electron chi connectivity index (χ2n) is 5.74. The zero-order valence-electron chi connectivity index (χ0n) is 11.2. The van der Waals surface area contributed by atoms with Crippen LogP contribution in [0.25, 0.3) is 0 Å². The lowest BCUT2D eigenvalue weighted by Crippen LogP contribution is -2.27. The molecule has 0 aromatic heterocycles. The summed E-state index contributed by atoms with van der Waals surface area (Å²) in [5.41, 5.74) is 1.92. The van der Waals surface area contributed by atoms with E-state index in [0.29, 0.717) is 11.7 Å². The Morgan fingerprint density at radius 3 is 2.95 bits per heavy atom. The number of ether oxygens (including phenoxy) is 1. The lowest BCUT2D eigenvalue weighted by molar-refractivity contribution is -0.0307. The van der Waals surface area contributed by atoms with Gasteiger partial charge in [0.1, 0.15) is 0 Å². The van der Waals surface area contributed by atoms with E-state index in [1.54, 1.807) is 0 Å². The summed E-state index contributed by atoms with van der Waals surface area (Å²) in [5.74, 6) is 0. The van der Waals surface area contributed by atoms with Crippen molar-refractivity contribution in [3.63, 3.8) is 0 Å². The first-order valence-electron chi connectivity index (χ1n) is 7.22. The van der Waals surface area contributed by atoms with Crippen LogP contribution in [0, 0.1) is 11.3 Å². The molecule has 19 heavy (non-hydrogen) atoms. The smallest absolute Gasteiger partial charge is 0.0992 e. The minimum atomic E-state index is 0.209. The van der Waals surface area contributed by atoms with Crippen molar-refractivity contribution in [2.45, 2.75) is 50.2 Å². The number of nitrogens with one attached hydrogen (secondary N) is 1. The Hall–Kier alpha value is -1.53. The summed E-state index contributed by atoms with van der Waals surface area (Å²) in [6.45, 7) is 0.844. The fourth-order valence-electron chi connectivity index (χ4n) is 3.36. The van der Waals surface area contributed by atoms with E-state index < -0.39 is 0 Å². The molecule has 1 heterocycles. The van der Waals surface area contributed by atoms with Crippen molar-refractivity contribution < 1.29 is 4.74 Å². The standard InChI is InChI=1S/C16H20N2O/c17-11-13-4-3-5-14(10-13)18-12-15-6-9-16(19-15)7-1-2-8-16/h3-5,10,15,18H,1-2,6-9,12H2. The molecule has 1 atom stereocenters. The zero-order chi connectivity index (χ0) is 13.1. The normalized spacial score (nSPS) is 24.5. The summed E-state index contributed by atoms with van der Waals surface area (Å²) in [5, 5.41) is 12.3. The van der Waals surface area contributed by atoms with Crippen LogP contribution in [0.5, 0.6) is 0 Å². The van der Waals surface area contributed by atoms with Crippen molar-refractivity contribution in [2.75, 3.05) is 11.9 Å². The molecular weight excluding hydrogens is 236 g/mol. The summed E-state index contributed by atoms with van der Waals surface area (Å²) < 4.78 is 6.26. The molecule has 0 bridgehead atoms. The van der Waals surface area contributed by atoms with E-state index in [1.807, 2.05) is 24.3 Å². The van der Waals surface area contributed by atoms with Crippen molar-refractivity contribution in [1.82, 2.24) is 0 Å². The van der Waals surface area contributed by atoms with E-state index in [9.17, 15) is 0 Å². The second kappa shape index (κ2) is 5.22. The highest BCUT2D eigenvalue weighted by atomic mass is 16.5. The number of benzene rings is 1. The van der Waals surface area contributed by atoms with Crippen LogP contribution >= 0.6 is 0 Å². The predicted molar refractivity (Wildman–Crippen MR) is 75.0 cm³/mol. The minimum absolute atomic E-state index is 0.209. The Balaban J connectivity index is 1.54. The number of nitrogens with zero attached hydrogens (tertiary/aromatic N) is 1. The third-order valence-corrected chi connectivity index (χ3v) is 4.38. The maximum atomic E-state index is 8.88. The molecule has 100 valence electrons. The van der Waals surface area contributed by atoms with Gasteiger partial charge < -0.3 is 10.1 Å². The van der Waals surface area contributed by atoms with Gasteiger partial charge in [-0.05, 0) is 43.9 Å². The summed E-state index contributed by atoms with van der Waals surface area (Å²) >= 11 is 0. The molecule has 3 rings (SSSR count). The molecule has 1 aliphatic heterocycles. The first kappa shape index (κ1) is 12.5. The zero-order valence-corrected chi connectivity index (χ0v) is 11.2. The van der Waals surface area contributed by atoms with Crippen LogP contribution in [0.2, 0.25) is 0 Å². The Bertz CT molecular complexity index is 486. The Kier molecular flexibility index (Phi) is 3.44. The van der Waals surface area contributed by atoms with Crippen LogP contribution in [0.1, 0.15) is 44.1 Å². The van der Waals surface area contributed by atoms with E-state index in [1.165, 1.54) is 32.1 Å². The molecule has 1 aromatic carbocycles. The molecule has 1 N–H and O–H groups in total. The average molecular weight is 256 g/mol. The summed E-state index contributed by atoms with van der Waals surface area (Å²) in [6, 6.07) is 9.79. The maximum absolute atomic E-state index is 8.88. The maximum Gasteiger partial charge on any atom is 0.0992 e. The van der Waals surface area contributed by atoms with Gasteiger partial charge in [-0.2, -0.15) is 5.26 Å². The molecule has 1 spiro atoms. The van der Waals surface area contributed by atoms with Crippen molar-refractivity contribution in [3.8, 4) is 6.07 Å². The third kappa shape index (κ3) is 2.74. The van der Waals surface area contributed by atoms with E-state index in [0.717, 1.165) is 18.7 Å². The fourth-order valence-corrected chi connectivity index (χ4v) is 3.36. The molecule has 2 fully saturated rings. The monoisotopic (exact) mass is 256 g/mol. The predicted octanol–water partition coefficient (Wildman–Crippen LogP) is 3.46. The van der Waals surface area contributed by atoms with Gasteiger partial charge in [-0.1, -0.05) is 18.9 Å². The van der Waals surface area contributed by atoms with Crippen LogP contribution < -0.4 is 5.32 Å². The van der Waals surface area contributed by atoms with Crippen molar-refractivity contribution in [3.05, 3.63) is 29.8 Å². The van der Waals surface area contributed by atoms with Gasteiger partial charge in [0.25, 0.3) is 0 Å². The van der Waals surface area contributed by atoms with Gasteiger partial charge in [0.05, 0.1) is 23.3 Å². The van der Waals surface area contributed by atoms with Gasteiger partial charge in [-0.25, -0.2) is 0 Å². The van der Waals surface area contributed by atoms with Gasteiger partial charge in [-0.15, -0.1) is 0 Å². The van der Waals surface area contributed by atoms with Crippen LogP contribution in [0.4, 0.5) is 5.69 Å². The lowest BCUT2D eigenvalue weighted by atomic mass is 9.98. The molecule has 1 unspecified atom stereocenters. The molecule has 0 amide bonds. The summed E-state index contributed by atoms with van der Waals surface area (Å²) in [7, 11) is 0. The highest BCUT2D eigenvalue weighted by Gasteiger charge is 2.41. The molecule has 3 heteroatoms. The minimum Gasteiger partial charge on any atom is -0.382 e. The third-order valence-electron chi connectivity index (χ3n) is 4.38. The van der Waals surface area contributed by atoms with Gasteiger partial charge >= 0.3 is 0 Å². The number of hydrogen-bond donors (Lipinski definition) is 1. The molecule has 2 aliphatic rings. The van der Waals surface area contributed by atoms with Gasteiger partial charge in [0, 0.05) is 12.2 Å². The first-order chi connectivity index (χ1) is 9.30. The molecule has 1 saturated heterocycles. The Morgan fingerprint density at radius 1 is 1.32 bits per heavy atom. The lowest BCUT2D eigenvalue weighted by Gasteiger charge is -2.24. The average Bonchev–Trinajstić information content (AvgIpc) is 3.08. The molecule has 1 saturated carbocycles. The van der Waals surface area contributed by atoms with Gasteiger partial charge in [0.2, 0.25) is 0 Å². The van der Waals surface area contributed by atoms with Crippen LogP contribution in [-0.4, -0.2) is 18.2 Å². The van der Waals surface area contributed by atoms with E-state index in [-0.39, 0.29) is 5.60 Å². The molecule has 1 aromatic rings. The van der Waals surface area contributed by atoms with Crippen LogP contribution in [0.3, 0.4) is 0 Å². The Labute approximate surface area is 114 Å². The van der Waals surface area contributed by atoms with Crippen LogP contribution in [-0.2, 0) is 4.74 Å². The first-order valence-corrected chi connectivity index (χ1v) is 7.22. The summed E-state index contributed by atoms with van der Waals surface area (Å²) in [4.78, 5) is 0. The number of hydrogen-bond acceptors (Lipinski definition) is 3. The molecule has 0 radical (unpaired) electrons.